The zero-order chi connectivity index (χ0) is 18.9. The molecule has 0 aromatic heterocycles. The molecule has 1 spiro atoms. The summed E-state index contributed by atoms with van der Waals surface area (Å²) in [4.78, 5) is 0. The van der Waals surface area contributed by atoms with E-state index in [-0.39, 0.29) is 0 Å². The first-order valence-electron chi connectivity index (χ1n) is 9.17. The highest BCUT2D eigenvalue weighted by molar-refractivity contribution is 9.10. The molecule has 0 radical (unpaired) electrons. The summed E-state index contributed by atoms with van der Waals surface area (Å²) in [5.41, 5.74) is 6.98. The Morgan fingerprint density at radius 2 is 1.21 bits per heavy atom. The van der Waals surface area contributed by atoms with Crippen LogP contribution in [0, 0.1) is 0 Å². The zero-order valence-electron chi connectivity index (χ0n) is 14.7. The topological polar surface area (TPSA) is 9.23 Å². The smallest absolute Gasteiger partial charge is 0.133 e. The molecule has 6 rings (SSSR count). The van der Waals surface area contributed by atoms with Gasteiger partial charge >= 0.3 is 0 Å². The molecule has 1 aliphatic carbocycles. The van der Waals surface area contributed by atoms with Crippen molar-refractivity contribution in [2.45, 2.75) is 5.41 Å². The van der Waals surface area contributed by atoms with E-state index in [1.807, 2.05) is 18.2 Å². The number of hydrogen-bond acceptors (Lipinski definition) is 1. The predicted molar refractivity (Wildman–Crippen MR) is 117 cm³/mol. The van der Waals surface area contributed by atoms with Gasteiger partial charge in [0.25, 0.3) is 0 Å². The van der Waals surface area contributed by atoms with Crippen molar-refractivity contribution in [3.63, 3.8) is 0 Å². The maximum atomic E-state index is 6.34. The van der Waals surface area contributed by atoms with Gasteiger partial charge in [-0.25, -0.2) is 0 Å². The molecule has 1 nitrogen and oxygen atoms in total. The summed E-state index contributed by atoms with van der Waals surface area (Å²) in [6.07, 6.45) is 0. The lowest BCUT2D eigenvalue weighted by Crippen LogP contribution is -2.32. The summed E-state index contributed by atoms with van der Waals surface area (Å²) in [5, 5.41) is 0.673. The molecule has 4 aromatic rings. The lowest BCUT2D eigenvalue weighted by atomic mass is 9.66. The minimum Gasteiger partial charge on any atom is -0.457 e. The molecule has 2 aliphatic rings. The number of benzene rings is 4. The third-order valence-electron chi connectivity index (χ3n) is 5.87. The molecule has 3 heteroatoms. The zero-order valence-corrected chi connectivity index (χ0v) is 17.1. The van der Waals surface area contributed by atoms with Gasteiger partial charge in [-0.2, -0.15) is 0 Å². The minimum atomic E-state index is -0.415. The Kier molecular flexibility index (Phi) is 3.36. The van der Waals surface area contributed by atoms with Crippen LogP contribution < -0.4 is 4.74 Å². The number of fused-ring (bicyclic) bond motifs is 9. The molecule has 0 N–H and O–H groups in total. The Morgan fingerprint density at radius 3 is 1.89 bits per heavy atom. The average molecular weight is 446 g/mol. The molecule has 0 saturated heterocycles. The largest absolute Gasteiger partial charge is 0.457 e. The second-order valence-electron chi connectivity index (χ2n) is 7.22. The van der Waals surface area contributed by atoms with Crippen LogP contribution in [0.25, 0.3) is 11.1 Å². The van der Waals surface area contributed by atoms with Crippen LogP contribution in [-0.2, 0) is 5.41 Å². The van der Waals surface area contributed by atoms with E-state index in [1.54, 1.807) is 0 Å². The summed E-state index contributed by atoms with van der Waals surface area (Å²) in [5.74, 6) is 1.67. The first kappa shape index (κ1) is 16.4. The monoisotopic (exact) mass is 444 g/mol. The van der Waals surface area contributed by atoms with Gasteiger partial charge in [0.15, 0.2) is 0 Å². The first-order valence-corrected chi connectivity index (χ1v) is 10.3. The second-order valence-corrected chi connectivity index (χ2v) is 8.58. The van der Waals surface area contributed by atoms with Crippen LogP contribution in [0.15, 0.2) is 89.4 Å². The van der Waals surface area contributed by atoms with E-state index in [0.717, 1.165) is 27.1 Å². The van der Waals surface area contributed by atoms with E-state index in [2.05, 4.69) is 82.7 Å². The van der Waals surface area contributed by atoms with Gasteiger partial charge in [0.1, 0.15) is 11.5 Å². The predicted octanol–water partition coefficient (Wildman–Crippen LogP) is 7.57. The Labute approximate surface area is 176 Å². The van der Waals surface area contributed by atoms with E-state index in [4.69, 9.17) is 16.3 Å². The number of ether oxygens (including phenoxy) is 1. The molecule has 134 valence electrons. The van der Waals surface area contributed by atoms with Crippen LogP contribution in [0.2, 0.25) is 5.02 Å². The van der Waals surface area contributed by atoms with Gasteiger partial charge in [-0.15, -0.1) is 0 Å². The summed E-state index contributed by atoms with van der Waals surface area (Å²) in [6.45, 7) is 0. The Bertz CT molecular complexity index is 1180. The Balaban J connectivity index is 1.84. The highest BCUT2D eigenvalue weighted by Crippen LogP contribution is 2.62. The molecule has 0 amide bonds. The summed E-state index contributed by atoms with van der Waals surface area (Å²) in [7, 11) is 0. The Hall–Kier alpha value is -2.55. The first-order chi connectivity index (χ1) is 13.7. The summed E-state index contributed by atoms with van der Waals surface area (Å²) < 4.78 is 7.33. The maximum Gasteiger partial charge on any atom is 0.133 e. The molecule has 0 saturated carbocycles. The van der Waals surface area contributed by atoms with Gasteiger partial charge in [0.05, 0.1) is 5.41 Å². The molecular weight excluding hydrogens is 432 g/mol. The van der Waals surface area contributed by atoms with Crippen molar-refractivity contribution in [2.24, 2.45) is 0 Å². The molecule has 1 aliphatic heterocycles. The molecule has 4 aromatic carbocycles. The molecule has 1 heterocycles. The van der Waals surface area contributed by atoms with Crippen LogP contribution in [-0.4, -0.2) is 0 Å². The lowest BCUT2D eigenvalue weighted by Gasteiger charge is -2.39. The fourth-order valence-corrected chi connectivity index (χ4v) is 5.36. The fraction of sp³-hybridized carbons (Fsp3) is 0.0400. The Morgan fingerprint density at radius 1 is 0.643 bits per heavy atom. The van der Waals surface area contributed by atoms with Crippen molar-refractivity contribution in [2.75, 3.05) is 0 Å². The fourth-order valence-electron chi connectivity index (χ4n) is 4.86. The van der Waals surface area contributed by atoms with Crippen LogP contribution in [0.5, 0.6) is 11.5 Å². The van der Waals surface area contributed by atoms with Gasteiger partial charge in [-0.05, 0) is 46.5 Å². The third kappa shape index (κ3) is 1.97. The lowest BCUT2D eigenvalue weighted by molar-refractivity contribution is 0.436. The average Bonchev–Trinajstić information content (AvgIpc) is 2.99. The molecule has 28 heavy (non-hydrogen) atoms. The van der Waals surface area contributed by atoms with Crippen molar-refractivity contribution in [3.05, 3.63) is 117 Å². The van der Waals surface area contributed by atoms with Gasteiger partial charge < -0.3 is 4.74 Å². The van der Waals surface area contributed by atoms with Gasteiger partial charge in [-0.3, -0.25) is 0 Å². The molecule has 0 atom stereocenters. The summed E-state index contributed by atoms with van der Waals surface area (Å²) >= 11 is 9.94. The number of hydrogen-bond donors (Lipinski definition) is 0. The van der Waals surface area contributed by atoms with Crippen LogP contribution in [0.4, 0.5) is 0 Å². The van der Waals surface area contributed by atoms with Crippen molar-refractivity contribution in [1.29, 1.82) is 0 Å². The van der Waals surface area contributed by atoms with E-state index >= 15 is 0 Å². The second kappa shape index (κ2) is 5.73. The van der Waals surface area contributed by atoms with Crippen LogP contribution in [0.3, 0.4) is 0 Å². The maximum absolute atomic E-state index is 6.34. The van der Waals surface area contributed by atoms with E-state index in [0.29, 0.717) is 5.02 Å². The molecular formula is C25H14BrClO. The number of rotatable bonds is 0. The standard InChI is InChI=1S/C25H14BrClO/c26-15-9-11-21-23(13-15)28-24-14-16(27)10-12-22(24)25(21)19-7-3-1-5-17(19)18-6-2-4-8-20(18)25/h1-14H. The van der Waals surface area contributed by atoms with Crippen molar-refractivity contribution < 1.29 is 4.74 Å². The molecule has 0 fully saturated rings. The van der Waals surface area contributed by atoms with Crippen molar-refractivity contribution in [3.8, 4) is 22.6 Å². The molecule has 0 unspecified atom stereocenters. The highest BCUT2D eigenvalue weighted by atomic mass is 79.9. The van der Waals surface area contributed by atoms with E-state index < -0.39 is 5.41 Å². The molecule has 0 bridgehead atoms. The van der Waals surface area contributed by atoms with E-state index in [1.165, 1.54) is 22.3 Å². The van der Waals surface area contributed by atoms with Gasteiger partial charge in [0, 0.05) is 20.6 Å². The third-order valence-corrected chi connectivity index (χ3v) is 6.60. The highest BCUT2D eigenvalue weighted by Gasteiger charge is 2.50. The van der Waals surface area contributed by atoms with Crippen LogP contribution in [0.1, 0.15) is 22.3 Å². The van der Waals surface area contributed by atoms with E-state index in [9.17, 15) is 0 Å². The normalized spacial score (nSPS) is 14.6. The van der Waals surface area contributed by atoms with Gasteiger partial charge in [-0.1, -0.05) is 88.2 Å². The minimum absolute atomic E-state index is 0.415. The summed E-state index contributed by atoms with van der Waals surface area (Å²) in [6, 6.07) is 29.7. The quantitative estimate of drug-likeness (QED) is 0.234. The van der Waals surface area contributed by atoms with Crippen molar-refractivity contribution >= 4 is 27.5 Å². The van der Waals surface area contributed by atoms with Gasteiger partial charge in [0.2, 0.25) is 0 Å². The number of halogens is 2. The SMILES string of the molecule is Clc1ccc2c(c1)Oc1cc(Br)ccc1C21c2ccccc2-c2ccccc21. The van der Waals surface area contributed by atoms with Crippen LogP contribution >= 0.6 is 27.5 Å². The van der Waals surface area contributed by atoms with Crippen molar-refractivity contribution in [1.82, 2.24) is 0 Å².